The maximum atomic E-state index is 12.3. The van der Waals surface area contributed by atoms with Gasteiger partial charge in [-0.3, -0.25) is 19.8 Å². The molecule has 9 nitrogen and oxygen atoms in total. The number of imide groups is 1. The van der Waals surface area contributed by atoms with E-state index in [1.165, 1.54) is 26.4 Å². The van der Waals surface area contributed by atoms with E-state index in [2.05, 4.69) is 20.0 Å². The number of rotatable bonds is 6. The third-order valence-electron chi connectivity index (χ3n) is 4.40. The van der Waals surface area contributed by atoms with Crippen molar-refractivity contribution >= 4 is 35.0 Å². The molecule has 0 aliphatic rings. The molecule has 3 amide bonds. The molecule has 4 rings (SSSR count). The number of ether oxygens (including phenoxy) is 2. The number of amides is 3. The van der Waals surface area contributed by atoms with Crippen molar-refractivity contribution < 1.29 is 23.5 Å². The van der Waals surface area contributed by atoms with E-state index in [1.54, 1.807) is 42.7 Å². The van der Waals surface area contributed by atoms with Gasteiger partial charge in [0.05, 0.1) is 19.8 Å². The Morgan fingerprint density at radius 2 is 1.88 bits per heavy atom. The van der Waals surface area contributed by atoms with Gasteiger partial charge in [-0.1, -0.05) is 0 Å². The van der Waals surface area contributed by atoms with E-state index in [1.807, 2.05) is 6.07 Å². The van der Waals surface area contributed by atoms with Crippen LogP contribution >= 0.6 is 11.9 Å². The van der Waals surface area contributed by atoms with Gasteiger partial charge in [0.25, 0.3) is 5.91 Å². The van der Waals surface area contributed by atoms with Gasteiger partial charge in [-0.25, -0.2) is 9.78 Å². The van der Waals surface area contributed by atoms with Crippen LogP contribution in [0.2, 0.25) is 0 Å². The van der Waals surface area contributed by atoms with Crippen LogP contribution in [0.5, 0.6) is 11.5 Å². The molecule has 0 atom stereocenters. The van der Waals surface area contributed by atoms with Crippen molar-refractivity contribution in [3.63, 3.8) is 0 Å². The molecule has 0 radical (unpaired) electrons. The highest BCUT2D eigenvalue weighted by Gasteiger charge is 2.14. The van der Waals surface area contributed by atoms with E-state index in [-0.39, 0.29) is 5.56 Å². The summed E-state index contributed by atoms with van der Waals surface area (Å²) in [6, 6.07) is 12.9. The lowest BCUT2D eigenvalue weighted by Crippen LogP contribution is -2.36. The molecule has 0 bridgehead atoms. The fraction of sp³-hybridized carbons (Fsp3) is 0.0909. The molecule has 0 aliphatic carbocycles. The second-order valence-corrected chi connectivity index (χ2v) is 7.33. The van der Waals surface area contributed by atoms with Crippen molar-refractivity contribution in [1.29, 1.82) is 0 Å². The normalized spacial score (nSPS) is 10.6. The minimum Gasteiger partial charge on any atom is -0.493 e. The number of nitrogens with zero attached hydrogens (tertiary/aromatic N) is 2. The third kappa shape index (κ3) is 4.65. The molecule has 0 saturated carbocycles. The molecule has 0 aliphatic heterocycles. The van der Waals surface area contributed by atoms with Crippen LogP contribution in [0.4, 0.5) is 4.79 Å². The molecule has 0 saturated heterocycles. The number of methoxy groups -OCH3 is 2. The highest BCUT2D eigenvalue weighted by atomic mass is 32.2. The van der Waals surface area contributed by atoms with Gasteiger partial charge in [0, 0.05) is 22.9 Å². The molecule has 2 aromatic heterocycles. The molecular weight excluding hydrogens is 432 g/mol. The number of urea groups is 1. The number of oxazole rings is 1. The summed E-state index contributed by atoms with van der Waals surface area (Å²) in [7, 11) is 2.96. The summed E-state index contributed by atoms with van der Waals surface area (Å²) in [5.41, 5.74) is 2.28. The van der Waals surface area contributed by atoms with E-state index >= 15 is 0 Å². The summed E-state index contributed by atoms with van der Waals surface area (Å²) in [5.74, 6) is 0.763. The smallest absolute Gasteiger partial charge is 0.331 e. The lowest BCUT2D eigenvalue weighted by atomic mass is 10.2. The van der Waals surface area contributed by atoms with Crippen molar-refractivity contribution in [2.45, 2.75) is 4.90 Å². The predicted octanol–water partition coefficient (Wildman–Crippen LogP) is 4.05. The Bertz CT molecular complexity index is 1280. The minimum absolute atomic E-state index is 0.259. The zero-order chi connectivity index (χ0) is 22.5. The second kappa shape index (κ2) is 9.40. The number of fused-ring (bicyclic) bond motifs is 1. The van der Waals surface area contributed by atoms with Gasteiger partial charge in [-0.15, -0.1) is 0 Å². The van der Waals surface area contributed by atoms with Crippen molar-refractivity contribution in [3.05, 3.63) is 66.5 Å². The highest BCUT2D eigenvalue weighted by Crippen LogP contribution is 2.28. The van der Waals surface area contributed by atoms with Gasteiger partial charge in [0.15, 0.2) is 17.1 Å². The zero-order valence-corrected chi connectivity index (χ0v) is 17.9. The van der Waals surface area contributed by atoms with Crippen LogP contribution in [-0.4, -0.2) is 36.1 Å². The first-order valence-electron chi connectivity index (χ1n) is 9.38. The Labute approximate surface area is 187 Å². The van der Waals surface area contributed by atoms with Crippen molar-refractivity contribution in [3.8, 4) is 23.0 Å². The van der Waals surface area contributed by atoms with Crippen molar-refractivity contribution in [2.24, 2.45) is 0 Å². The molecule has 10 heteroatoms. The first-order chi connectivity index (χ1) is 15.6. The monoisotopic (exact) mass is 450 g/mol. The van der Waals surface area contributed by atoms with Crippen LogP contribution in [0.3, 0.4) is 0 Å². The zero-order valence-electron chi connectivity index (χ0n) is 17.1. The van der Waals surface area contributed by atoms with Crippen LogP contribution in [0.15, 0.2) is 70.2 Å². The standard InChI is InChI=1S/C22H18N4O5S/c1-29-18-7-5-13(10-19(18)30-2)20(27)25-22(28)26-32-15-6-8-17-16(11-15)24-21(31-17)14-4-3-9-23-12-14/h3-12H,1-2H3,(H2,25,26,27,28). The lowest BCUT2D eigenvalue weighted by molar-refractivity contribution is 0.0965. The molecule has 4 aromatic rings. The Balaban J connectivity index is 1.39. The van der Waals surface area contributed by atoms with Gasteiger partial charge >= 0.3 is 6.03 Å². The van der Waals surface area contributed by atoms with Crippen LogP contribution in [0, 0.1) is 0 Å². The molecule has 2 aromatic carbocycles. The second-order valence-electron chi connectivity index (χ2n) is 6.45. The maximum absolute atomic E-state index is 12.3. The van der Waals surface area contributed by atoms with E-state index in [9.17, 15) is 9.59 Å². The average molecular weight is 450 g/mol. The average Bonchev–Trinajstić information content (AvgIpc) is 3.26. The quantitative estimate of drug-likeness (QED) is 0.423. The third-order valence-corrected chi connectivity index (χ3v) is 5.18. The SMILES string of the molecule is COc1ccc(C(=O)NC(=O)NSc2ccc3oc(-c4cccnc4)nc3c2)cc1OC. The molecule has 0 unspecified atom stereocenters. The fourth-order valence-electron chi connectivity index (χ4n) is 2.87. The van der Waals surface area contributed by atoms with E-state index in [0.717, 1.165) is 22.4 Å². The number of aromatic nitrogens is 2. The van der Waals surface area contributed by atoms with Gasteiger partial charge in [0.2, 0.25) is 5.89 Å². The highest BCUT2D eigenvalue weighted by molar-refractivity contribution is 7.98. The lowest BCUT2D eigenvalue weighted by Gasteiger charge is -2.10. The van der Waals surface area contributed by atoms with E-state index in [0.29, 0.717) is 28.5 Å². The van der Waals surface area contributed by atoms with Crippen molar-refractivity contribution in [1.82, 2.24) is 20.0 Å². The Kier molecular flexibility index (Phi) is 6.22. The molecular formula is C22H18N4O5S. The summed E-state index contributed by atoms with van der Waals surface area (Å²) in [6.45, 7) is 0. The summed E-state index contributed by atoms with van der Waals surface area (Å²) in [5, 5.41) is 2.27. The number of hydrogen-bond acceptors (Lipinski definition) is 8. The summed E-state index contributed by atoms with van der Waals surface area (Å²) in [4.78, 5) is 33.8. The number of pyridine rings is 1. The predicted molar refractivity (Wildman–Crippen MR) is 119 cm³/mol. The Hall–Kier alpha value is -4.05. The number of nitrogens with one attached hydrogen (secondary N) is 2. The van der Waals surface area contributed by atoms with Crippen LogP contribution in [0.25, 0.3) is 22.6 Å². The van der Waals surface area contributed by atoms with Gasteiger partial charge in [-0.05, 0) is 60.5 Å². The Morgan fingerprint density at radius 3 is 2.62 bits per heavy atom. The van der Waals surface area contributed by atoms with Crippen LogP contribution in [-0.2, 0) is 0 Å². The summed E-state index contributed by atoms with van der Waals surface area (Å²) < 4.78 is 18.6. The molecule has 2 heterocycles. The van der Waals surface area contributed by atoms with Gasteiger partial charge in [-0.2, -0.15) is 0 Å². The molecule has 0 spiro atoms. The van der Waals surface area contributed by atoms with Crippen LogP contribution in [0.1, 0.15) is 10.4 Å². The van der Waals surface area contributed by atoms with Crippen molar-refractivity contribution in [2.75, 3.05) is 14.2 Å². The molecule has 32 heavy (non-hydrogen) atoms. The summed E-state index contributed by atoms with van der Waals surface area (Å²) in [6.07, 6.45) is 3.34. The fourth-order valence-corrected chi connectivity index (χ4v) is 3.44. The number of benzene rings is 2. The van der Waals surface area contributed by atoms with Gasteiger partial charge < -0.3 is 13.9 Å². The first kappa shape index (κ1) is 21.2. The maximum Gasteiger partial charge on any atom is 0.331 e. The molecule has 2 N–H and O–H groups in total. The number of carbonyl (C=O) groups is 2. The molecule has 162 valence electrons. The van der Waals surface area contributed by atoms with Gasteiger partial charge in [0.1, 0.15) is 5.52 Å². The van der Waals surface area contributed by atoms with Crippen LogP contribution < -0.4 is 19.5 Å². The summed E-state index contributed by atoms with van der Waals surface area (Å²) >= 11 is 1.05. The number of hydrogen-bond donors (Lipinski definition) is 2. The molecule has 0 fully saturated rings. The topological polar surface area (TPSA) is 116 Å². The van der Waals surface area contributed by atoms with E-state index in [4.69, 9.17) is 13.9 Å². The Morgan fingerprint density at radius 1 is 1.03 bits per heavy atom. The first-order valence-corrected chi connectivity index (χ1v) is 10.2. The largest absolute Gasteiger partial charge is 0.493 e. The number of carbonyl (C=O) groups excluding carboxylic acids is 2. The minimum atomic E-state index is -0.661. The van der Waals surface area contributed by atoms with E-state index < -0.39 is 11.9 Å².